The lowest BCUT2D eigenvalue weighted by Crippen LogP contribution is -2.24. The van der Waals surface area contributed by atoms with Gasteiger partial charge in [-0.1, -0.05) is 11.2 Å². The average molecular weight is 361 g/mol. The maximum atomic E-state index is 12.6. The molecule has 1 unspecified atom stereocenters. The van der Waals surface area contributed by atoms with Gasteiger partial charge in [0.2, 0.25) is 5.82 Å². The molecule has 4 heterocycles. The van der Waals surface area contributed by atoms with Gasteiger partial charge in [0, 0.05) is 24.5 Å². The van der Waals surface area contributed by atoms with Crippen LogP contribution in [0.5, 0.6) is 0 Å². The Labute approximate surface area is 146 Å². The maximum absolute atomic E-state index is 12.6. The van der Waals surface area contributed by atoms with Crippen molar-refractivity contribution in [2.24, 2.45) is 0 Å². The Morgan fingerprint density at radius 2 is 2.00 bits per heavy atom. The summed E-state index contributed by atoms with van der Waals surface area (Å²) < 4.78 is 42.0. The monoisotopic (exact) mass is 361 g/mol. The molecule has 1 saturated heterocycles. The highest BCUT2D eigenvalue weighted by atomic mass is 19.4. The number of nitrogens with zero attached hydrogens (tertiary/aromatic N) is 5. The molecule has 0 spiro atoms. The zero-order valence-corrected chi connectivity index (χ0v) is 13.5. The smallest absolute Gasteiger partial charge is 0.348 e. The fraction of sp³-hybridized carbons (Fsp3) is 0.294. The molecule has 1 atom stereocenters. The minimum Gasteiger partial charge on any atom is -0.348 e. The summed E-state index contributed by atoms with van der Waals surface area (Å²) in [6.45, 7) is 0.841. The molecule has 0 bridgehead atoms. The molecule has 1 aliphatic rings. The van der Waals surface area contributed by atoms with Crippen LogP contribution >= 0.6 is 0 Å². The summed E-state index contributed by atoms with van der Waals surface area (Å²) in [7, 11) is 0. The van der Waals surface area contributed by atoms with Gasteiger partial charge in [-0.15, -0.1) is 0 Å². The van der Waals surface area contributed by atoms with Gasteiger partial charge in [-0.2, -0.15) is 18.2 Å². The van der Waals surface area contributed by atoms with Gasteiger partial charge in [0.05, 0.1) is 11.7 Å². The van der Waals surface area contributed by atoms with Crippen molar-refractivity contribution in [2.45, 2.75) is 25.1 Å². The van der Waals surface area contributed by atoms with Crippen LogP contribution in [0, 0.1) is 0 Å². The number of rotatable bonds is 3. The van der Waals surface area contributed by atoms with E-state index in [-0.39, 0.29) is 11.9 Å². The summed E-state index contributed by atoms with van der Waals surface area (Å²) in [5.74, 6) is -0.771. The van der Waals surface area contributed by atoms with E-state index < -0.39 is 12.1 Å². The quantitative estimate of drug-likeness (QED) is 0.705. The number of hydrogen-bond acceptors (Lipinski definition) is 6. The highest BCUT2D eigenvalue weighted by Crippen LogP contribution is 2.35. The van der Waals surface area contributed by atoms with Crippen LogP contribution in [-0.4, -0.2) is 26.7 Å². The first-order valence-electron chi connectivity index (χ1n) is 8.07. The topological polar surface area (TPSA) is 67.9 Å². The lowest BCUT2D eigenvalue weighted by Gasteiger charge is -2.25. The minimum atomic E-state index is -4.66. The molecular weight excluding hydrogens is 347 g/mol. The largest absolute Gasteiger partial charge is 0.471 e. The van der Waals surface area contributed by atoms with E-state index in [0.717, 1.165) is 30.9 Å². The predicted octanol–water partition coefficient (Wildman–Crippen LogP) is 3.89. The van der Waals surface area contributed by atoms with Crippen molar-refractivity contribution in [2.75, 3.05) is 11.4 Å². The number of halogens is 3. The lowest BCUT2D eigenvalue weighted by molar-refractivity contribution is -0.159. The van der Waals surface area contributed by atoms with Crippen LogP contribution in [0.3, 0.4) is 0 Å². The molecule has 134 valence electrons. The second-order valence-electron chi connectivity index (χ2n) is 5.93. The van der Waals surface area contributed by atoms with E-state index in [1.54, 1.807) is 18.3 Å². The summed E-state index contributed by atoms with van der Waals surface area (Å²) in [6.07, 6.45) is 0.541. The van der Waals surface area contributed by atoms with Crippen LogP contribution < -0.4 is 4.90 Å². The molecule has 0 radical (unpaired) electrons. The van der Waals surface area contributed by atoms with Crippen molar-refractivity contribution < 1.29 is 17.7 Å². The molecule has 3 aromatic rings. The van der Waals surface area contributed by atoms with Crippen molar-refractivity contribution in [1.82, 2.24) is 20.1 Å². The summed E-state index contributed by atoms with van der Waals surface area (Å²) in [5.41, 5.74) is 1.34. The van der Waals surface area contributed by atoms with Crippen LogP contribution in [0.15, 0.2) is 47.2 Å². The van der Waals surface area contributed by atoms with E-state index >= 15 is 0 Å². The Morgan fingerprint density at radius 1 is 1.12 bits per heavy atom. The van der Waals surface area contributed by atoms with E-state index in [2.05, 4.69) is 29.5 Å². The predicted molar refractivity (Wildman–Crippen MR) is 86.1 cm³/mol. The van der Waals surface area contributed by atoms with E-state index in [9.17, 15) is 13.2 Å². The highest BCUT2D eigenvalue weighted by molar-refractivity contribution is 5.56. The zero-order valence-electron chi connectivity index (χ0n) is 13.5. The molecule has 0 saturated carbocycles. The molecule has 0 N–H and O–H groups in total. The molecule has 1 fully saturated rings. The van der Waals surface area contributed by atoms with Gasteiger partial charge in [0.25, 0.3) is 0 Å². The number of anilines is 1. The Kier molecular flexibility index (Phi) is 4.06. The van der Waals surface area contributed by atoms with Gasteiger partial charge >= 0.3 is 12.1 Å². The number of alkyl halides is 3. The van der Waals surface area contributed by atoms with Crippen LogP contribution in [0.4, 0.5) is 19.0 Å². The minimum absolute atomic E-state index is 0.136. The summed E-state index contributed by atoms with van der Waals surface area (Å²) in [4.78, 5) is 14.3. The molecule has 0 aliphatic carbocycles. The molecule has 9 heteroatoms. The molecule has 3 aromatic heterocycles. The van der Waals surface area contributed by atoms with Crippen LogP contribution in [0.2, 0.25) is 0 Å². The summed E-state index contributed by atoms with van der Waals surface area (Å²) in [5, 5.41) is 3.37. The van der Waals surface area contributed by atoms with Gasteiger partial charge in [-0.3, -0.25) is 4.98 Å². The second kappa shape index (κ2) is 6.40. The third kappa shape index (κ3) is 3.12. The van der Waals surface area contributed by atoms with Crippen LogP contribution in [0.25, 0.3) is 11.4 Å². The Balaban J connectivity index is 1.57. The third-order valence-electron chi connectivity index (χ3n) is 4.25. The second-order valence-corrected chi connectivity index (χ2v) is 5.93. The summed E-state index contributed by atoms with van der Waals surface area (Å²) >= 11 is 0. The third-order valence-corrected chi connectivity index (χ3v) is 4.25. The highest BCUT2D eigenvalue weighted by Gasteiger charge is 2.38. The number of pyridine rings is 2. The average Bonchev–Trinajstić information content (AvgIpc) is 3.32. The standard InChI is InChI=1S/C17H14F3N5O/c18-17(19,20)16-23-15(24-26-16)11-6-7-14(22-10-11)25-9-3-5-13(25)12-4-1-2-8-21-12/h1-2,4,6-8,10,13H,3,5,9H2. The van der Waals surface area contributed by atoms with Crippen molar-refractivity contribution in [3.8, 4) is 11.4 Å². The molecule has 4 rings (SSSR count). The van der Waals surface area contributed by atoms with Gasteiger partial charge in [-0.05, 0) is 37.1 Å². The fourth-order valence-corrected chi connectivity index (χ4v) is 3.07. The lowest BCUT2D eigenvalue weighted by atomic mass is 10.1. The Hall–Kier alpha value is -2.97. The molecule has 1 aliphatic heterocycles. The molecular formula is C17H14F3N5O. The van der Waals surface area contributed by atoms with Crippen molar-refractivity contribution in [1.29, 1.82) is 0 Å². The van der Waals surface area contributed by atoms with E-state index in [4.69, 9.17) is 0 Å². The molecule has 0 amide bonds. The van der Waals surface area contributed by atoms with E-state index in [0.29, 0.717) is 5.56 Å². The van der Waals surface area contributed by atoms with Crippen LogP contribution in [0.1, 0.15) is 30.5 Å². The van der Waals surface area contributed by atoms with Crippen molar-refractivity contribution >= 4 is 5.82 Å². The number of aromatic nitrogens is 4. The van der Waals surface area contributed by atoms with Crippen molar-refractivity contribution in [3.05, 3.63) is 54.3 Å². The Morgan fingerprint density at radius 3 is 2.65 bits per heavy atom. The molecule has 0 aromatic carbocycles. The van der Waals surface area contributed by atoms with Gasteiger partial charge in [0.1, 0.15) is 5.82 Å². The fourth-order valence-electron chi connectivity index (χ4n) is 3.07. The SMILES string of the molecule is FC(F)(F)c1nc(-c2ccc(N3CCCC3c3ccccn3)nc2)no1. The van der Waals surface area contributed by atoms with Gasteiger partial charge < -0.3 is 9.42 Å². The first-order chi connectivity index (χ1) is 12.5. The summed E-state index contributed by atoms with van der Waals surface area (Å²) in [6, 6.07) is 9.33. The van der Waals surface area contributed by atoms with E-state index in [1.165, 1.54) is 6.20 Å². The maximum Gasteiger partial charge on any atom is 0.471 e. The first-order valence-corrected chi connectivity index (χ1v) is 8.07. The first kappa shape index (κ1) is 16.5. The number of hydrogen-bond donors (Lipinski definition) is 0. The zero-order chi connectivity index (χ0) is 18.1. The van der Waals surface area contributed by atoms with Gasteiger partial charge in [-0.25, -0.2) is 4.98 Å². The van der Waals surface area contributed by atoms with Crippen LogP contribution in [-0.2, 0) is 6.18 Å². The van der Waals surface area contributed by atoms with Crippen molar-refractivity contribution in [3.63, 3.8) is 0 Å². The molecule has 6 nitrogen and oxygen atoms in total. The molecule has 26 heavy (non-hydrogen) atoms. The van der Waals surface area contributed by atoms with E-state index in [1.807, 2.05) is 18.2 Å². The van der Waals surface area contributed by atoms with Gasteiger partial charge in [0.15, 0.2) is 0 Å². The Bertz CT molecular complexity index is 879. The normalized spacial score (nSPS) is 17.7.